The van der Waals surface area contributed by atoms with Crippen LogP contribution in [0.3, 0.4) is 0 Å². The fraction of sp³-hybridized carbons (Fsp3) is 0.231. The maximum absolute atomic E-state index is 8.67. The van der Waals surface area contributed by atoms with Gasteiger partial charge in [-0.3, -0.25) is 0 Å². The van der Waals surface area contributed by atoms with Crippen molar-refractivity contribution in [2.24, 2.45) is 0 Å². The highest BCUT2D eigenvalue weighted by atomic mass is 32.1. The lowest BCUT2D eigenvalue weighted by atomic mass is 10.1. The van der Waals surface area contributed by atoms with Gasteiger partial charge < -0.3 is 5.32 Å². The van der Waals surface area contributed by atoms with Gasteiger partial charge in [-0.15, -0.1) is 0 Å². The average molecular weight is 243 g/mol. The molecule has 0 spiro atoms. The normalized spacial score (nSPS) is 11.8. The van der Waals surface area contributed by atoms with Gasteiger partial charge in [0, 0.05) is 12.2 Å². The standard InChI is InChI=1S/C13H13N3S/c1-10(6-11-4-5-17-9-11)16-13-3-2-12(7-14)8-15-13/h2-5,8-10H,6H2,1H3,(H,15,16). The quantitative estimate of drug-likeness (QED) is 0.897. The lowest BCUT2D eigenvalue weighted by molar-refractivity contribution is 0.787. The zero-order valence-corrected chi connectivity index (χ0v) is 10.4. The van der Waals surface area contributed by atoms with Gasteiger partial charge in [0.05, 0.1) is 5.56 Å². The van der Waals surface area contributed by atoms with E-state index in [2.05, 4.69) is 40.1 Å². The molecule has 0 saturated carbocycles. The van der Waals surface area contributed by atoms with Crippen molar-refractivity contribution in [3.8, 4) is 6.07 Å². The van der Waals surface area contributed by atoms with E-state index in [1.807, 2.05) is 6.07 Å². The minimum atomic E-state index is 0.324. The van der Waals surface area contributed by atoms with Gasteiger partial charge in [0.2, 0.25) is 0 Å². The molecule has 3 nitrogen and oxygen atoms in total. The van der Waals surface area contributed by atoms with Gasteiger partial charge in [0.1, 0.15) is 11.9 Å². The summed E-state index contributed by atoms with van der Waals surface area (Å²) in [4.78, 5) is 4.19. The van der Waals surface area contributed by atoms with Crippen molar-refractivity contribution in [2.75, 3.05) is 5.32 Å². The largest absolute Gasteiger partial charge is 0.367 e. The molecule has 2 aromatic rings. The molecular formula is C13H13N3S. The van der Waals surface area contributed by atoms with Gasteiger partial charge >= 0.3 is 0 Å². The van der Waals surface area contributed by atoms with E-state index in [0.29, 0.717) is 11.6 Å². The third-order valence-electron chi connectivity index (χ3n) is 2.41. The van der Waals surface area contributed by atoms with E-state index in [-0.39, 0.29) is 0 Å². The van der Waals surface area contributed by atoms with Gasteiger partial charge in [0.25, 0.3) is 0 Å². The molecule has 0 fully saturated rings. The molecule has 86 valence electrons. The number of hydrogen-bond donors (Lipinski definition) is 1. The minimum absolute atomic E-state index is 0.324. The number of thiophene rings is 1. The Morgan fingerprint density at radius 1 is 1.47 bits per heavy atom. The van der Waals surface area contributed by atoms with Crippen molar-refractivity contribution >= 4 is 17.2 Å². The lowest BCUT2D eigenvalue weighted by Crippen LogP contribution is -2.18. The molecule has 0 amide bonds. The molecule has 0 radical (unpaired) electrons. The third kappa shape index (κ3) is 3.30. The molecule has 0 aromatic carbocycles. The number of nitrogens with zero attached hydrogens (tertiary/aromatic N) is 2. The number of nitrogens with one attached hydrogen (secondary N) is 1. The summed E-state index contributed by atoms with van der Waals surface area (Å²) in [6, 6.07) is 8.12. The van der Waals surface area contributed by atoms with Crippen molar-refractivity contribution in [3.63, 3.8) is 0 Å². The van der Waals surface area contributed by atoms with Crippen LogP contribution in [-0.4, -0.2) is 11.0 Å². The molecule has 4 heteroatoms. The van der Waals surface area contributed by atoms with Crippen LogP contribution in [0.2, 0.25) is 0 Å². The Hall–Kier alpha value is -1.86. The Balaban J connectivity index is 1.94. The van der Waals surface area contributed by atoms with Crippen LogP contribution in [0.15, 0.2) is 35.2 Å². The van der Waals surface area contributed by atoms with Gasteiger partial charge in [-0.2, -0.15) is 16.6 Å². The van der Waals surface area contributed by atoms with Crippen molar-refractivity contribution in [3.05, 3.63) is 46.3 Å². The molecule has 0 bridgehead atoms. The second-order valence-electron chi connectivity index (χ2n) is 3.93. The minimum Gasteiger partial charge on any atom is -0.367 e. The lowest BCUT2D eigenvalue weighted by Gasteiger charge is -2.13. The van der Waals surface area contributed by atoms with Crippen molar-refractivity contribution in [1.82, 2.24) is 4.98 Å². The van der Waals surface area contributed by atoms with E-state index >= 15 is 0 Å². The number of pyridine rings is 1. The third-order valence-corrected chi connectivity index (χ3v) is 3.14. The van der Waals surface area contributed by atoms with Crippen molar-refractivity contribution < 1.29 is 0 Å². The average Bonchev–Trinajstić information content (AvgIpc) is 2.82. The van der Waals surface area contributed by atoms with E-state index in [9.17, 15) is 0 Å². The first-order chi connectivity index (χ1) is 8.28. The van der Waals surface area contributed by atoms with Gasteiger partial charge in [-0.25, -0.2) is 4.98 Å². The first kappa shape index (κ1) is 11.6. The Morgan fingerprint density at radius 3 is 2.94 bits per heavy atom. The summed E-state index contributed by atoms with van der Waals surface area (Å²) in [5.74, 6) is 0.812. The predicted molar refractivity (Wildman–Crippen MR) is 70.1 cm³/mol. The first-order valence-electron chi connectivity index (χ1n) is 5.41. The highest BCUT2D eigenvalue weighted by Gasteiger charge is 2.04. The summed E-state index contributed by atoms with van der Waals surface area (Å²) in [5.41, 5.74) is 1.92. The van der Waals surface area contributed by atoms with Gasteiger partial charge in [-0.1, -0.05) is 0 Å². The zero-order chi connectivity index (χ0) is 12.1. The summed E-state index contributed by atoms with van der Waals surface area (Å²) in [7, 11) is 0. The number of rotatable bonds is 4. The van der Waals surface area contributed by atoms with Gasteiger partial charge in [0.15, 0.2) is 0 Å². The molecule has 1 unspecified atom stereocenters. The van der Waals surface area contributed by atoms with Crippen LogP contribution in [0.1, 0.15) is 18.1 Å². The summed E-state index contributed by atoms with van der Waals surface area (Å²) >= 11 is 1.71. The van der Waals surface area contributed by atoms with Crippen LogP contribution in [0.4, 0.5) is 5.82 Å². The summed E-state index contributed by atoms with van der Waals surface area (Å²) < 4.78 is 0. The molecule has 2 rings (SSSR count). The fourth-order valence-electron chi connectivity index (χ4n) is 1.61. The predicted octanol–water partition coefficient (Wildman–Crippen LogP) is 3.06. The van der Waals surface area contributed by atoms with Crippen LogP contribution in [0.5, 0.6) is 0 Å². The SMILES string of the molecule is CC(Cc1ccsc1)Nc1ccc(C#N)cn1. The van der Waals surface area contributed by atoms with E-state index in [1.165, 1.54) is 5.56 Å². The monoisotopic (exact) mass is 243 g/mol. The number of aromatic nitrogens is 1. The van der Waals surface area contributed by atoms with Crippen LogP contribution in [-0.2, 0) is 6.42 Å². The maximum atomic E-state index is 8.67. The van der Waals surface area contributed by atoms with Crippen molar-refractivity contribution in [1.29, 1.82) is 5.26 Å². The number of nitriles is 1. The van der Waals surface area contributed by atoms with E-state index in [1.54, 1.807) is 23.6 Å². The smallest absolute Gasteiger partial charge is 0.126 e. The molecular weight excluding hydrogens is 230 g/mol. The van der Waals surface area contributed by atoms with Gasteiger partial charge in [-0.05, 0) is 47.9 Å². The van der Waals surface area contributed by atoms with Crippen LogP contribution in [0, 0.1) is 11.3 Å². The zero-order valence-electron chi connectivity index (χ0n) is 9.55. The van der Waals surface area contributed by atoms with Crippen LogP contribution in [0.25, 0.3) is 0 Å². The molecule has 2 heterocycles. The maximum Gasteiger partial charge on any atom is 0.126 e. The Morgan fingerprint density at radius 2 is 2.35 bits per heavy atom. The first-order valence-corrected chi connectivity index (χ1v) is 6.36. The molecule has 1 N–H and O–H groups in total. The highest BCUT2D eigenvalue weighted by Crippen LogP contribution is 2.12. The number of hydrogen-bond acceptors (Lipinski definition) is 4. The van der Waals surface area contributed by atoms with Crippen LogP contribution < -0.4 is 5.32 Å². The molecule has 1 atom stereocenters. The molecule has 0 aliphatic carbocycles. The Bertz CT molecular complexity index is 496. The van der Waals surface area contributed by atoms with E-state index in [0.717, 1.165) is 12.2 Å². The summed E-state index contributed by atoms with van der Waals surface area (Å²) in [6.45, 7) is 2.12. The highest BCUT2D eigenvalue weighted by molar-refractivity contribution is 7.07. The fourth-order valence-corrected chi connectivity index (χ4v) is 2.29. The number of anilines is 1. The summed E-state index contributed by atoms with van der Waals surface area (Å²) in [6.07, 6.45) is 2.56. The Kier molecular flexibility index (Phi) is 3.73. The second-order valence-corrected chi connectivity index (χ2v) is 4.71. The molecule has 0 saturated heterocycles. The molecule has 0 aliphatic heterocycles. The van der Waals surface area contributed by atoms with E-state index < -0.39 is 0 Å². The van der Waals surface area contributed by atoms with Crippen LogP contribution >= 0.6 is 11.3 Å². The van der Waals surface area contributed by atoms with E-state index in [4.69, 9.17) is 5.26 Å². The molecule has 17 heavy (non-hydrogen) atoms. The van der Waals surface area contributed by atoms with Crippen molar-refractivity contribution in [2.45, 2.75) is 19.4 Å². The second kappa shape index (κ2) is 5.46. The molecule has 0 aliphatic rings. The summed E-state index contributed by atoms with van der Waals surface area (Å²) in [5, 5.41) is 16.2. The Labute approximate surface area is 105 Å². The molecule has 2 aromatic heterocycles. The topological polar surface area (TPSA) is 48.7 Å².